The Labute approximate surface area is 129 Å². The summed E-state index contributed by atoms with van der Waals surface area (Å²) in [6.07, 6.45) is 0.409. The molecule has 0 saturated carbocycles. The lowest BCUT2D eigenvalue weighted by Gasteiger charge is -2.25. The monoisotopic (exact) mass is 294 g/mol. The van der Waals surface area contributed by atoms with Crippen molar-refractivity contribution >= 4 is 17.4 Å². The minimum absolute atomic E-state index is 0.0753. The second kappa shape index (κ2) is 5.64. The van der Waals surface area contributed by atoms with Crippen LogP contribution in [0.25, 0.3) is 0 Å². The first-order chi connectivity index (χ1) is 10.6. The molecule has 112 valence electrons. The van der Waals surface area contributed by atoms with E-state index in [1.54, 1.807) is 0 Å². The van der Waals surface area contributed by atoms with E-state index in [0.717, 1.165) is 16.8 Å². The summed E-state index contributed by atoms with van der Waals surface area (Å²) in [5.74, 6) is -0.951. The van der Waals surface area contributed by atoms with Gasteiger partial charge in [-0.15, -0.1) is 0 Å². The molecule has 1 heterocycles. The van der Waals surface area contributed by atoms with Gasteiger partial charge in [-0.25, -0.2) is 4.79 Å². The van der Waals surface area contributed by atoms with Gasteiger partial charge in [-0.1, -0.05) is 48.0 Å². The standard InChI is InChI=1S/C18H18N2O2/c1-12-8-9-16(13(2)10-12)20-17(11-15(19-20)18(21)22)14-6-4-3-5-7-14/h3-10,17H,11H2,1-2H3,(H,21,22). The molecule has 0 radical (unpaired) electrons. The minimum atomic E-state index is -0.951. The zero-order valence-corrected chi connectivity index (χ0v) is 12.7. The Morgan fingerprint density at radius 2 is 1.91 bits per heavy atom. The summed E-state index contributed by atoms with van der Waals surface area (Å²) in [6.45, 7) is 4.07. The van der Waals surface area contributed by atoms with Crippen molar-refractivity contribution in [1.29, 1.82) is 0 Å². The highest BCUT2D eigenvalue weighted by Crippen LogP contribution is 2.36. The molecule has 1 N–H and O–H groups in total. The van der Waals surface area contributed by atoms with Crippen molar-refractivity contribution in [2.75, 3.05) is 5.01 Å². The normalized spacial score (nSPS) is 17.5. The molecule has 0 spiro atoms. The van der Waals surface area contributed by atoms with E-state index in [4.69, 9.17) is 0 Å². The lowest BCUT2D eigenvalue weighted by atomic mass is 10.0. The van der Waals surface area contributed by atoms with Gasteiger partial charge in [0.05, 0.1) is 11.7 Å². The van der Waals surface area contributed by atoms with Gasteiger partial charge in [0, 0.05) is 6.42 Å². The van der Waals surface area contributed by atoms with Crippen LogP contribution in [-0.4, -0.2) is 16.8 Å². The lowest BCUT2D eigenvalue weighted by molar-refractivity contribution is -0.129. The molecule has 0 fully saturated rings. The van der Waals surface area contributed by atoms with Crippen LogP contribution in [0.15, 0.2) is 53.6 Å². The molecule has 1 unspecified atom stereocenters. The second-order valence-corrected chi connectivity index (χ2v) is 5.62. The number of aryl methyl sites for hydroxylation is 2. The maximum atomic E-state index is 11.3. The van der Waals surface area contributed by atoms with Gasteiger partial charge in [0.2, 0.25) is 0 Å². The van der Waals surface area contributed by atoms with Crippen molar-refractivity contribution in [3.05, 3.63) is 65.2 Å². The molecule has 0 aliphatic carbocycles. The average Bonchev–Trinajstić information content (AvgIpc) is 2.93. The van der Waals surface area contributed by atoms with Gasteiger partial charge in [0.1, 0.15) is 5.71 Å². The summed E-state index contributed by atoms with van der Waals surface area (Å²) < 4.78 is 0. The maximum absolute atomic E-state index is 11.3. The average molecular weight is 294 g/mol. The van der Waals surface area contributed by atoms with E-state index in [-0.39, 0.29) is 11.8 Å². The third-order valence-electron chi connectivity index (χ3n) is 3.94. The Morgan fingerprint density at radius 1 is 1.18 bits per heavy atom. The van der Waals surface area contributed by atoms with E-state index in [0.29, 0.717) is 6.42 Å². The molecule has 0 aromatic heterocycles. The van der Waals surface area contributed by atoms with E-state index >= 15 is 0 Å². The smallest absolute Gasteiger partial charge is 0.352 e. The van der Waals surface area contributed by atoms with E-state index < -0.39 is 5.97 Å². The van der Waals surface area contributed by atoms with Gasteiger partial charge in [0.25, 0.3) is 0 Å². The molecular weight excluding hydrogens is 276 g/mol. The number of hydrogen-bond donors (Lipinski definition) is 1. The van der Waals surface area contributed by atoms with Crippen molar-refractivity contribution < 1.29 is 9.90 Å². The van der Waals surface area contributed by atoms with Gasteiger partial charge < -0.3 is 5.11 Å². The third kappa shape index (κ3) is 2.60. The van der Waals surface area contributed by atoms with E-state index in [1.165, 1.54) is 5.56 Å². The number of hydrazone groups is 1. The highest BCUT2D eigenvalue weighted by molar-refractivity contribution is 6.36. The number of hydrogen-bond acceptors (Lipinski definition) is 3. The molecule has 3 rings (SSSR count). The molecule has 2 aromatic rings. The van der Waals surface area contributed by atoms with Gasteiger partial charge in [0.15, 0.2) is 0 Å². The van der Waals surface area contributed by atoms with Crippen LogP contribution in [0.3, 0.4) is 0 Å². The highest BCUT2D eigenvalue weighted by Gasteiger charge is 2.32. The molecule has 2 aromatic carbocycles. The molecule has 0 bridgehead atoms. The Morgan fingerprint density at radius 3 is 2.55 bits per heavy atom. The zero-order valence-electron chi connectivity index (χ0n) is 12.7. The topological polar surface area (TPSA) is 52.9 Å². The molecular formula is C18H18N2O2. The first-order valence-electron chi connectivity index (χ1n) is 7.28. The number of carboxylic acids is 1. The van der Waals surface area contributed by atoms with Crippen LogP contribution in [0.4, 0.5) is 5.69 Å². The number of nitrogens with zero attached hydrogens (tertiary/aromatic N) is 2. The summed E-state index contributed by atoms with van der Waals surface area (Å²) in [5.41, 5.74) is 4.50. The van der Waals surface area contributed by atoms with Crippen LogP contribution in [-0.2, 0) is 4.79 Å². The van der Waals surface area contributed by atoms with E-state index in [9.17, 15) is 9.90 Å². The minimum Gasteiger partial charge on any atom is -0.477 e. The van der Waals surface area contributed by atoms with Crippen molar-refractivity contribution in [3.8, 4) is 0 Å². The zero-order chi connectivity index (χ0) is 15.7. The SMILES string of the molecule is Cc1ccc(N2N=C(C(=O)O)CC2c2ccccc2)c(C)c1. The first kappa shape index (κ1) is 14.3. The summed E-state index contributed by atoms with van der Waals surface area (Å²) in [6, 6.07) is 16.0. The number of anilines is 1. The summed E-state index contributed by atoms with van der Waals surface area (Å²) in [4.78, 5) is 11.3. The van der Waals surface area contributed by atoms with E-state index in [1.807, 2.05) is 61.3 Å². The molecule has 0 saturated heterocycles. The van der Waals surface area contributed by atoms with Gasteiger partial charge in [-0.2, -0.15) is 5.10 Å². The fourth-order valence-electron chi connectivity index (χ4n) is 2.86. The number of carbonyl (C=O) groups is 1. The second-order valence-electron chi connectivity index (χ2n) is 5.62. The quantitative estimate of drug-likeness (QED) is 0.939. The predicted octanol–water partition coefficient (Wildman–Crippen LogP) is 3.70. The summed E-state index contributed by atoms with van der Waals surface area (Å²) in [7, 11) is 0. The Balaban J connectivity index is 2.05. The number of aliphatic carboxylic acids is 1. The van der Waals surface area contributed by atoms with E-state index in [2.05, 4.69) is 11.2 Å². The van der Waals surface area contributed by atoms with Gasteiger partial charge >= 0.3 is 5.97 Å². The Kier molecular flexibility index (Phi) is 3.67. The highest BCUT2D eigenvalue weighted by atomic mass is 16.4. The van der Waals surface area contributed by atoms with Gasteiger partial charge in [-0.05, 0) is 31.0 Å². The van der Waals surface area contributed by atoms with Crippen LogP contribution in [0.2, 0.25) is 0 Å². The third-order valence-corrected chi connectivity index (χ3v) is 3.94. The fourth-order valence-corrected chi connectivity index (χ4v) is 2.86. The fraction of sp³-hybridized carbons (Fsp3) is 0.222. The Hall–Kier alpha value is -2.62. The van der Waals surface area contributed by atoms with Crippen LogP contribution in [0, 0.1) is 13.8 Å². The van der Waals surface area contributed by atoms with Crippen LogP contribution in [0.1, 0.15) is 29.2 Å². The van der Waals surface area contributed by atoms with Crippen molar-refractivity contribution in [2.45, 2.75) is 26.3 Å². The van der Waals surface area contributed by atoms with Crippen molar-refractivity contribution in [3.63, 3.8) is 0 Å². The number of rotatable bonds is 3. The first-order valence-corrected chi connectivity index (χ1v) is 7.28. The van der Waals surface area contributed by atoms with Crippen LogP contribution in [0.5, 0.6) is 0 Å². The molecule has 1 aliphatic heterocycles. The van der Waals surface area contributed by atoms with Gasteiger partial charge in [-0.3, -0.25) is 5.01 Å². The molecule has 22 heavy (non-hydrogen) atoms. The number of carboxylic acid groups (broad SMARTS) is 1. The van der Waals surface area contributed by atoms with Crippen LogP contribution >= 0.6 is 0 Å². The van der Waals surface area contributed by atoms with Crippen molar-refractivity contribution in [2.24, 2.45) is 5.10 Å². The maximum Gasteiger partial charge on any atom is 0.352 e. The Bertz CT molecular complexity index is 738. The molecule has 0 amide bonds. The molecule has 1 atom stereocenters. The summed E-state index contributed by atoms with van der Waals surface area (Å²) in [5, 5.41) is 15.5. The summed E-state index contributed by atoms with van der Waals surface area (Å²) >= 11 is 0. The van der Waals surface area contributed by atoms with Crippen molar-refractivity contribution in [1.82, 2.24) is 0 Å². The number of benzene rings is 2. The molecule has 1 aliphatic rings. The molecule has 4 nitrogen and oxygen atoms in total. The largest absolute Gasteiger partial charge is 0.477 e. The van der Waals surface area contributed by atoms with Crippen LogP contribution < -0.4 is 5.01 Å². The lowest BCUT2D eigenvalue weighted by Crippen LogP contribution is -2.19. The molecule has 4 heteroatoms. The predicted molar refractivity (Wildman–Crippen MR) is 87.3 cm³/mol.